The minimum absolute atomic E-state index is 0.00619. The highest BCUT2D eigenvalue weighted by molar-refractivity contribution is 7.13. The summed E-state index contributed by atoms with van der Waals surface area (Å²) in [4.78, 5) is 25.8. The topological polar surface area (TPSA) is 85.6 Å². The monoisotopic (exact) mass is 382 g/mol. The zero-order chi connectivity index (χ0) is 18.8. The first-order valence-corrected chi connectivity index (χ1v) is 9.97. The van der Waals surface area contributed by atoms with Crippen molar-refractivity contribution >= 4 is 17.2 Å². The lowest BCUT2D eigenvalue weighted by molar-refractivity contribution is 0.0925. The van der Waals surface area contributed by atoms with Crippen LogP contribution in [0, 0.1) is 13.8 Å². The summed E-state index contributed by atoms with van der Waals surface area (Å²) in [5.74, 6) is 0.00619. The maximum atomic E-state index is 12.5. The van der Waals surface area contributed by atoms with Crippen molar-refractivity contribution < 1.29 is 4.79 Å². The standard InChI is InChI=1S/C19H22N6OS/c1-12-18(27-13(2)23-12)19(26)24-15-3-5-16(6-4-15)25-10-14(9-22-25)17-7-8-20-11-21-17/h7-11,15-16H,3-6H2,1-2H3,(H,24,26). The Morgan fingerprint density at radius 3 is 2.74 bits per heavy atom. The summed E-state index contributed by atoms with van der Waals surface area (Å²) < 4.78 is 2.03. The van der Waals surface area contributed by atoms with Gasteiger partial charge in [-0.25, -0.2) is 15.0 Å². The molecular weight excluding hydrogens is 360 g/mol. The van der Waals surface area contributed by atoms with Crippen LogP contribution in [0.15, 0.2) is 31.0 Å². The first kappa shape index (κ1) is 17.8. The maximum absolute atomic E-state index is 12.5. The molecule has 3 aromatic rings. The molecule has 140 valence electrons. The number of hydrogen-bond donors (Lipinski definition) is 1. The third kappa shape index (κ3) is 3.90. The molecule has 0 bridgehead atoms. The van der Waals surface area contributed by atoms with Crippen molar-refractivity contribution in [3.63, 3.8) is 0 Å². The lowest BCUT2D eigenvalue weighted by atomic mass is 9.91. The third-order valence-electron chi connectivity index (χ3n) is 5.00. The second kappa shape index (κ2) is 7.56. The molecule has 3 aromatic heterocycles. The molecule has 1 fully saturated rings. The summed E-state index contributed by atoms with van der Waals surface area (Å²) in [5, 5.41) is 8.63. The van der Waals surface area contributed by atoms with E-state index in [-0.39, 0.29) is 11.9 Å². The van der Waals surface area contributed by atoms with Gasteiger partial charge < -0.3 is 5.32 Å². The second-order valence-electron chi connectivity index (χ2n) is 6.93. The molecule has 1 N–H and O–H groups in total. The number of nitrogens with one attached hydrogen (secondary N) is 1. The summed E-state index contributed by atoms with van der Waals surface area (Å²) in [6, 6.07) is 2.46. The van der Waals surface area contributed by atoms with Gasteiger partial charge in [0.15, 0.2) is 0 Å². The molecule has 0 aromatic carbocycles. The molecule has 0 saturated heterocycles. The normalized spacial score (nSPS) is 19.8. The van der Waals surface area contributed by atoms with Crippen molar-refractivity contribution in [1.82, 2.24) is 30.0 Å². The molecule has 8 heteroatoms. The van der Waals surface area contributed by atoms with Crippen LogP contribution in [0.4, 0.5) is 0 Å². The van der Waals surface area contributed by atoms with Gasteiger partial charge in [0.2, 0.25) is 0 Å². The fraction of sp³-hybridized carbons (Fsp3) is 0.421. The number of nitrogens with zero attached hydrogens (tertiary/aromatic N) is 5. The summed E-state index contributed by atoms with van der Waals surface area (Å²) in [6.07, 6.45) is 11.1. The molecule has 0 spiro atoms. The Bertz CT molecular complexity index is 927. The average molecular weight is 382 g/mol. The fourth-order valence-corrected chi connectivity index (χ4v) is 4.43. The first-order chi connectivity index (χ1) is 13.1. The van der Waals surface area contributed by atoms with E-state index in [1.54, 1.807) is 12.5 Å². The van der Waals surface area contributed by atoms with Gasteiger partial charge >= 0.3 is 0 Å². The van der Waals surface area contributed by atoms with Crippen molar-refractivity contribution in [3.8, 4) is 11.3 Å². The summed E-state index contributed by atoms with van der Waals surface area (Å²) in [7, 11) is 0. The maximum Gasteiger partial charge on any atom is 0.263 e. The molecule has 1 saturated carbocycles. The molecule has 0 atom stereocenters. The van der Waals surface area contributed by atoms with Gasteiger partial charge in [0, 0.05) is 24.0 Å². The Labute approximate surface area is 161 Å². The molecule has 0 aliphatic heterocycles. The van der Waals surface area contributed by atoms with Gasteiger partial charge in [-0.15, -0.1) is 11.3 Å². The second-order valence-corrected chi connectivity index (χ2v) is 8.13. The van der Waals surface area contributed by atoms with E-state index in [2.05, 4.69) is 31.6 Å². The van der Waals surface area contributed by atoms with Crippen LogP contribution in [0.1, 0.15) is 52.1 Å². The largest absolute Gasteiger partial charge is 0.349 e. The van der Waals surface area contributed by atoms with E-state index in [1.165, 1.54) is 11.3 Å². The quantitative estimate of drug-likeness (QED) is 0.748. The number of carbonyl (C=O) groups is 1. The van der Waals surface area contributed by atoms with E-state index in [9.17, 15) is 4.79 Å². The van der Waals surface area contributed by atoms with Crippen LogP contribution in [0.3, 0.4) is 0 Å². The Kier molecular flexibility index (Phi) is 4.98. The van der Waals surface area contributed by atoms with Crippen LogP contribution < -0.4 is 5.32 Å². The summed E-state index contributed by atoms with van der Waals surface area (Å²) in [5.41, 5.74) is 2.70. The molecule has 1 aliphatic carbocycles. The third-order valence-corrected chi connectivity index (χ3v) is 6.07. The number of amides is 1. The zero-order valence-electron chi connectivity index (χ0n) is 15.4. The van der Waals surface area contributed by atoms with Crippen LogP contribution in [0.5, 0.6) is 0 Å². The Hall–Kier alpha value is -2.61. The lowest BCUT2D eigenvalue weighted by Crippen LogP contribution is -2.38. The summed E-state index contributed by atoms with van der Waals surface area (Å²) in [6.45, 7) is 3.82. The van der Waals surface area contributed by atoms with E-state index in [0.717, 1.165) is 52.5 Å². The molecule has 1 aliphatic rings. The number of aryl methyl sites for hydroxylation is 2. The first-order valence-electron chi connectivity index (χ1n) is 9.15. The Balaban J connectivity index is 1.35. The average Bonchev–Trinajstić information content (AvgIpc) is 3.30. The van der Waals surface area contributed by atoms with Crippen molar-refractivity contribution in [2.45, 2.75) is 51.6 Å². The lowest BCUT2D eigenvalue weighted by Gasteiger charge is -2.29. The Morgan fingerprint density at radius 1 is 1.26 bits per heavy atom. The molecule has 7 nitrogen and oxygen atoms in total. The van der Waals surface area contributed by atoms with Crippen molar-refractivity contribution in [3.05, 3.63) is 46.6 Å². The fourth-order valence-electron chi connectivity index (χ4n) is 3.61. The van der Waals surface area contributed by atoms with E-state index in [4.69, 9.17) is 0 Å². The minimum atomic E-state index is 0.00619. The van der Waals surface area contributed by atoms with E-state index >= 15 is 0 Å². The minimum Gasteiger partial charge on any atom is -0.349 e. The van der Waals surface area contributed by atoms with Gasteiger partial charge in [0.1, 0.15) is 11.2 Å². The van der Waals surface area contributed by atoms with E-state index < -0.39 is 0 Å². The number of hydrogen-bond acceptors (Lipinski definition) is 6. The van der Waals surface area contributed by atoms with Crippen LogP contribution in [0.2, 0.25) is 0 Å². The summed E-state index contributed by atoms with van der Waals surface area (Å²) >= 11 is 1.46. The smallest absolute Gasteiger partial charge is 0.263 e. The number of carbonyl (C=O) groups excluding carboxylic acids is 1. The zero-order valence-corrected chi connectivity index (χ0v) is 16.2. The van der Waals surface area contributed by atoms with Gasteiger partial charge in [-0.3, -0.25) is 9.48 Å². The molecular formula is C19H22N6OS. The van der Waals surface area contributed by atoms with Crippen LogP contribution in [0.25, 0.3) is 11.3 Å². The number of thiazole rings is 1. The number of aromatic nitrogens is 5. The van der Waals surface area contributed by atoms with Crippen molar-refractivity contribution in [2.24, 2.45) is 0 Å². The van der Waals surface area contributed by atoms with Crippen molar-refractivity contribution in [2.75, 3.05) is 0 Å². The van der Waals surface area contributed by atoms with Crippen LogP contribution in [-0.2, 0) is 0 Å². The van der Waals surface area contributed by atoms with Gasteiger partial charge in [-0.05, 0) is 45.6 Å². The highest BCUT2D eigenvalue weighted by Gasteiger charge is 2.25. The van der Waals surface area contributed by atoms with Gasteiger partial charge in [0.25, 0.3) is 5.91 Å². The van der Waals surface area contributed by atoms with Crippen LogP contribution in [-0.4, -0.2) is 36.7 Å². The predicted octanol–water partition coefficient (Wildman–Crippen LogP) is 3.33. The SMILES string of the molecule is Cc1nc(C)c(C(=O)NC2CCC(n3cc(-c4ccncn4)cn3)CC2)s1. The highest BCUT2D eigenvalue weighted by Crippen LogP contribution is 2.30. The molecule has 3 heterocycles. The molecule has 1 amide bonds. The molecule has 0 unspecified atom stereocenters. The van der Waals surface area contributed by atoms with Gasteiger partial charge in [-0.2, -0.15) is 5.10 Å². The molecule has 0 radical (unpaired) electrons. The highest BCUT2D eigenvalue weighted by atomic mass is 32.1. The van der Waals surface area contributed by atoms with Crippen LogP contribution >= 0.6 is 11.3 Å². The van der Waals surface area contributed by atoms with Crippen molar-refractivity contribution in [1.29, 1.82) is 0 Å². The predicted molar refractivity (Wildman–Crippen MR) is 104 cm³/mol. The molecule has 4 rings (SSSR count). The van der Waals surface area contributed by atoms with Gasteiger partial charge in [-0.1, -0.05) is 0 Å². The Morgan fingerprint density at radius 2 is 2.07 bits per heavy atom. The van der Waals surface area contributed by atoms with E-state index in [0.29, 0.717) is 6.04 Å². The van der Waals surface area contributed by atoms with E-state index in [1.807, 2.05) is 30.8 Å². The van der Waals surface area contributed by atoms with Gasteiger partial charge in [0.05, 0.1) is 28.6 Å². The number of rotatable bonds is 4. The molecule has 27 heavy (non-hydrogen) atoms.